The summed E-state index contributed by atoms with van der Waals surface area (Å²) in [5.74, 6) is -0.209. The molecule has 0 unspecified atom stereocenters. The van der Waals surface area contributed by atoms with Gasteiger partial charge >= 0.3 is 0 Å². The molecule has 0 radical (unpaired) electrons. The fourth-order valence-corrected chi connectivity index (χ4v) is 4.67. The molecule has 10 heteroatoms. The summed E-state index contributed by atoms with van der Waals surface area (Å²) < 4.78 is 30.0. The minimum Gasteiger partial charge on any atom is -0.379 e. The van der Waals surface area contributed by atoms with E-state index in [1.807, 2.05) is 41.8 Å². The van der Waals surface area contributed by atoms with Gasteiger partial charge in [0, 0.05) is 43.2 Å². The van der Waals surface area contributed by atoms with Crippen molar-refractivity contribution in [2.45, 2.75) is 6.54 Å². The van der Waals surface area contributed by atoms with Crippen LogP contribution in [0.5, 0.6) is 0 Å². The maximum Gasteiger partial charge on any atom is 0.257 e. The number of anilines is 2. The minimum atomic E-state index is -3.31. The van der Waals surface area contributed by atoms with E-state index in [0.717, 1.165) is 50.2 Å². The van der Waals surface area contributed by atoms with Crippen molar-refractivity contribution in [3.05, 3.63) is 65.0 Å². The smallest absolute Gasteiger partial charge is 0.257 e. The average molecular weight is 487 g/mol. The molecule has 174 valence electrons. The molecule has 0 atom stereocenters. The summed E-state index contributed by atoms with van der Waals surface area (Å²) in [6.45, 7) is 4.22. The summed E-state index contributed by atoms with van der Waals surface area (Å²) in [5, 5.41) is 5.21. The number of benzene rings is 2. The van der Waals surface area contributed by atoms with Gasteiger partial charge in [0.25, 0.3) is 5.91 Å². The van der Waals surface area contributed by atoms with Gasteiger partial charge in [-0.2, -0.15) is 0 Å². The van der Waals surface area contributed by atoms with Crippen LogP contribution in [0, 0.1) is 0 Å². The van der Waals surface area contributed by atoms with Gasteiger partial charge in [-0.05, 0) is 29.8 Å². The molecule has 1 aliphatic heterocycles. The SMILES string of the molecule is CN(c1ccc(-c2csc(NC(=O)c3ccc(CN4CCOCC4)cc3)n2)cc1)S(C)(=O)=O. The second-order valence-corrected chi connectivity index (χ2v) is 10.7. The quantitative estimate of drug-likeness (QED) is 0.551. The van der Waals surface area contributed by atoms with Crippen LogP contribution in [-0.2, 0) is 21.3 Å². The highest BCUT2D eigenvalue weighted by Gasteiger charge is 2.14. The van der Waals surface area contributed by atoms with E-state index < -0.39 is 10.0 Å². The first-order valence-electron chi connectivity index (χ1n) is 10.5. The van der Waals surface area contributed by atoms with E-state index in [-0.39, 0.29) is 5.91 Å². The van der Waals surface area contributed by atoms with Crippen molar-refractivity contribution in [3.8, 4) is 11.3 Å². The van der Waals surface area contributed by atoms with Gasteiger partial charge in [-0.15, -0.1) is 11.3 Å². The zero-order valence-corrected chi connectivity index (χ0v) is 20.2. The van der Waals surface area contributed by atoms with Gasteiger partial charge in [-0.25, -0.2) is 13.4 Å². The Morgan fingerprint density at radius 1 is 1.12 bits per heavy atom. The third-order valence-corrected chi connectivity index (χ3v) is 7.44. The molecule has 2 heterocycles. The third-order valence-electron chi connectivity index (χ3n) is 5.47. The molecular formula is C23H26N4O4S2. The van der Waals surface area contributed by atoms with E-state index >= 15 is 0 Å². The number of amides is 1. The number of carbonyl (C=O) groups excluding carboxylic acids is 1. The summed E-state index contributed by atoms with van der Waals surface area (Å²) >= 11 is 1.34. The number of rotatable bonds is 7. The monoisotopic (exact) mass is 486 g/mol. The standard InChI is InChI=1S/C23H26N4O4S2/c1-26(33(2,29)30)20-9-7-18(8-10-20)21-16-32-23(24-21)25-22(28)19-5-3-17(4-6-19)15-27-11-13-31-14-12-27/h3-10,16H,11-15H2,1-2H3,(H,24,25,28). The molecule has 1 N–H and O–H groups in total. The van der Waals surface area contributed by atoms with E-state index in [2.05, 4.69) is 15.2 Å². The van der Waals surface area contributed by atoms with Crippen LogP contribution in [0.3, 0.4) is 0 Å². The van der Waals surface area contributed by atoms with Crippen molar-refractivity contribution >= 4 is 38.1 Å². The fraction of sp³-hybridized carbons (Fsp3) is 0.304. The van der Waals surface area contributed by atoms with Crippen molar-refractivity contribution in [3.63, 3.8) is 0 Å². The molecule has 8 nitrogen and oxygen atoms in total. The van der Waals surface area contributed by atoms with Crippen molar-refractivity contribution in [2.75, 3.05) is 49.2 Å². The van der Waals surface area contributed by atoms with Crippen molar-refractivity contribution in [1.29, 1.82) is 0 Å². The van der Waals surface area contributed by atoms with Crippen molar-refractivity contribution < 1.29 is 17.9 Å². The van der Waals surface area contributed by atoms with Crippen LogP contribution >= 0.6 is 11.3 Å². The van der Waals surface area contributed by atoms with Crippen LogP contribution < -0.4 is 9.62 Å². The minimum absolute atomic E-state index is 0.209. The molecule has 1 aliphatic rings. The van der Waals surface area contributed by atoms with Gasteiger partial charge in [0.1, 0.15) is 0 Å². The zero-order valence-electron chi connectivity index (χ0n) is 18.5. The molecule has 0 spiro atoms. The Morgan fingerprint density at radius 3 is 2.42 bits per heavy atom. The molecule has 2 aromatic carbocycles. The summed E-state index contributed by atoms with van der Waals surface area (Å²) in [4.78, 5) is 19.5. The Labute approximate surface area is 197 Å². The molecule has 1 amide bonds. The summed E-state index contributed by atoms with van der Waals surface area (Å²) in [7, 11) is -1.80. The number of aromatic nitrogens is 1. The molecule has 1 fully saturated rings. The summed E-state index contributed by atoms with van der Waals surface area (Å²) in [5.41, 5.74) is 3.86. The van der Waals surface area contributed by atoms with Gasteiger partial charge in [-0.1, -0.05) is 24.3 Å². The number of hydrogen-bond acceptors (Lipinski definition) is 7. The highest BCUT2D eigenvalue weighted by Crippen LogP contribution is 2.27. The van der Waals surface area contributed by atoms with E-state index in [1.165, 1.54) is 22.7 Å². The average Bonchev–Trinajstić information content (AvgIpc) is 3.27. The number of hydrogen-bond donors (Lipinski definition) is 1. The highest BCUT2D eigenvalue weighted by molar-refractivity contribution is 7.92. The summed E-state index contributed by atoms with van der Waals surface area (Å²) in [6.07, 6.45) is 1.16. The first kappa shape index (κ1) is 23.4. The first-order chi connectivity index (χ1) is 15.8. The third kappa shape index (κ3) is 5.97. The topological polar surface area (TPSA) is 91.8 Å². The maximum atomic E-state index is 12.6. The van der Waals surface area contributed by atoms with Gasteiger partial charge < -0.3 is 4.74 Å². The number of ether oxygens (including phenoxy) is 1. The Balaban J connectivity index is 1.37. The molecule has 33 heavy (non-hydrogen) atoms. The summed E-state index contributed by atoms with van der Waals surface area (Å²) in [6, 6.07) is 14.7. The van der Waals surface area contributed by atoms with Gasteiger partial charge in [-0.3, -0.25) is 19.3 Å². The Bertz CT molecular complexity index is 1200. The van der Waals surface area contributed by atoms with Gasteiger partial charge in [0.15, 0.2) is 5.13 Å². The number of sulfonamides is 1. The van der Waals surface area contributed by atoms with E-state index in [4.69, 9.17) is 4.74 Å². The predicted octanol–water partition coefficient (Wildman–Crippen LogP) is 3.29. The molecule has 4 rings (SSSR count). The lowest BCUT2D eigenvalue weighted by Crippen LogP contribution is -2.35. The Hall–Kier alpha value is -2.79. The largest absolute Gasteiger partial charge is 0.379 e. The first-order valence-corrected chi connectivity index (χ1v) is 13.2. The Morgan fingerprint density at radius 2 is 1.79 bits per heavy atom. The number of nitrogens with zero attached hydrogens (tertiary/aromatic N) is 3. The molecule has 0 aliphatic carbocycles. The van der Waals surface area contributed by atoms with Crippen LogP contribution in [0.1, 0.15) is 15.9 Å². The fourth-order valence-electron chi connectivity index (χ4n) is 3.45. The number of carbonyl (C=O) groups is 1. The van der Waals surface area contributed by atoms with Crippen molar-refractivity contribution in [1.82, 2.24) is 9.88 Å². The molecule has 1 saturated heterocycles. The van der Waals surface area contributed by atoms with E-state index in [9.17, 15) is 13.2 Å². The van der Waals surface area contributed by atoms with Crippen LogP contribution in [-0.4, -0.2) is 63.8 Å². The normalized spacial score (nSPS) is 14.7. The lowest BCUT2D eigenvalue weighted by atomic mass is 10.1. The van der Waals surface area contributed by atoms with E-state index in [0.29, 0.717) is 22.1 Å². The lowest BCUT2D eigenvalue weighted by Gasteiger charge is -2.26. The van der Waals surface area contributed by atoms with Crippen LogP contribution in [0.25, 0.3) is 11.3 Å². The zero-order chi connectivity index (χ0) is 23.4. The maximum absolute atomic E-state index is 12.6. The molecule has 0 saturated carbocycles. The second-order valence-electron chi connectivity index (χ2n) is 7.85. The van der Waals surface area contributed by atoms with Gasteiger partial charge in [0.05, 0.1) is 30.9 Å². The van der Waals surface area contributed by atoms with Crippen LogP contribution in [0.4, 0.5) is 10.8 Å². The second kappa shape index (κ2) is 10.0. The van der Waals surface area contributed by atoms with Crippen molar-refractivity contribution in [2.24, 2.45) is 0 Å². The van der Waals surface area contributed by atoms with Crippen LogP contribution in [0.2, 0.25) is 0 Å². The van der Waals surface area contributed by atoms with Crippen LogP contribution in [0.15, 0.2) is 53.9 Å². The molecule has 0 bridgehead atoms. The highest BCUT2D eigenvalue weighted by atomic mass is 32.2. The number of nitrogens with one attached hydrogen (secondary N) is 1. The molecule has 3 aromatic rings. The predicted molar refractivity (Wildman–Crippen MR) is 131 cm³/mol. The number of morpholine rings is 1. The molecular weight excluding hydrogens is 460 g/mol. The van der Waals surface area contributed by atoms with E-state index in [1.54, 1.807) is 12.1 Å². The lowest BCUT2D eigenvalue weighted by molar-refractivity contribution is 0.0342. The van der Waals surface area contributed by atoms with Gasteiger partial charge in [0.2, 0.25) is 10.0 Å². The molecule has 1 aromatic heterocycles. The number of thiazole rings is 1. The Kier molecular flexibility index (Phi) is 7.08.